The van der Waals surface area contributed by atoms with Crippen molar-refractivity contribution in [2.24, 2.45) is 0 Å². The highest BCUT2D eigenvalue weighted by molar-refractivity contribution is 5.40. The summed E-state index contributed by atoms with van der Waals surface area (Å²) in [6.07, 6.45) is 4.94. The Bertz CT molecular complexity index is 374. The molecule has 0 aliphatic carbocycles. The number of aromatic nitrogens is 1. The van der Waals surface area contributed by atoms with Crippen LogP contribution in [-0.2, 0) is 0 Å². The Kier molecular flexibility index (Phi) is 3.87. The van der Waals surface area contributed by atoms with E-state index in [9.17, 15) is 10.1 Å². The highest BCUT2D eigenvalue weighted by Crippen LogP contribution is 2.12. The topological polar surface area (TPSA) is 80.1 Å². The van der Waals surface area contributed by atoms with E-state index in [1.807, 2.05) is 0 Å². The first-order valence-corrected chi connectivity index (χ1v) is 5.83. The van der Waals surface area contributed by atoms with Gasteiger partial charge in [-0.1, -0.05) is 6.42 Å². The Hall–Kier alpha value is -1.69. The van der Waals surface area contributed by atoms with E-state index in [2.05, 4.69) is 15.6 Å². The summed E-state index contributed by atoms with van der Waals surface area (Å²) in [5, 5.41) is 17.1. The SMILES string of the molecule is O=[N+]([O-])c1ccc(NC[C@@H]2CCCCN2)nc1. The van der Waals surface area contributed by atoms with Crippen molar-refractivity contribution < 1.29 is 4.92 Å². The fourth-order valence-electron chi connectivity index (χ4n) is 1.92. The molecule has 1 saturated heterocycles. The second kappa shape index (κ2) is 5.58. The zero-order valence-electron chi connectivity index (χ0n) is 9.56. The molecule has 6 nitrogen and oxygen atoms in total. The summed E-state index contributed by atoms with van der Waals surface area (Å²) in [6, 6.07) is 3.57. The fraction of sp³-hybridized carbons (Fsp3) is 0.545. The van der Waals surface area contributed by atoms with Crippen LogP contribution in [0.5, 0.6) is 0 Å². The predicted octanol–water partition coefficient (Wildman–Crippen LogP) is 1.54. The lowest BCUT2D eigenvalue weighted by Crippen LogP contribution is -2.39. The van der Waals surface area contributed by atoms with Gasteiger partial charge in [-0.3, -0.25) is 10.1 Å². The van der Waals surface area contributed by atoms with Gasteiger partial charge < -0.3 is 10.6 Å². The highest BCUT2D eigenvalue weighted by Gasteiger charge is 2.12. The number of nitrogens with one attached hydrogen (secondary N) is 2. The molecule has 0 spiro atoms. The van der Waals surface area contributed by atoms with Crippen LogP contribution >= 0.6 is 0 Å². The molecule has 1 aliphatic rings. The van der Waals surface area contributed by atoms with E-state index in [-0.39, 0.29) is 5.69 Å². The first kappa shape index (κ1) is 11.8. The van der Waals surface area contributed by atoms with Crippen LogP contribution in [0.4, 0.5) is 11.5 Å². The summed E-state index contributed by atoms with van der Waals surface area (Å²) in [5.41, 5.74) is 0.0198. The number of nitrogens with zero attached hydrogens (tertiary/aromatic N) is 2. The van der Waals surface area contributed by atoms with Crippen LogP contribution in [0.2, 0.25) is 0 Å². The molecular formula is C11H16N4O2. The molecule has 17 heavy (non-hydrogen) atoms. The van der Waals surface area contributed by atoms with E-state index < -0.39 is 4.92 Å². The van der Waals surface area contributed by atoms with Crippen molar-refractivity contribution in [2.45, 2.75) is 25.3 Å². The highest BCUT2D eigenvalue weighted by atomic mass is 16.6. The Morgan fingerprint density at radius 1 is 1.53 bits per heavy atom. The molecule has 0 aromatic carbocycles. The van der Waals surface area contributed by atoms with Crippen LogP contribution < -0.4 is 10.6 Å². The predicted molar refractivity (Wildman–Crippen MR) is 65.0 cm³/mol. The Balaban J connectivity index is 1.84. The number of nitro groups is 1. The number of pyridine rings is 1. The van der Waals surface area contributed by atoms with E-state index in [0.29, 0.717) is 11.9 Å². The zero-order valence-corrected chi connectivity index (χ0v) is 9.56. The lowest BCUT2D eigenvalue weighted by Gasteiger charge is -2.23. The van der Waals surface area contributed by atoms with E-state index in [1.54, 1.807) is 6.07 Å². The lowest BCUT2D eigenvalue weighted by molar-refractivity contribution is -0.385. The molecule has 0 bridgehead atoms. The van der Waals surface area contributed by atoms with Crippen LogP contribution in [0.25, 0.3) is 0 Å². The van der Waals surface area contributed by atoms with Crippen LogP contribution in [0.1, 0.15) is 19.3 Å². The average molecular weight is 236 g/mol. The Labute approximate surface area is 99.6 Å². The molecule has 0 amide bonds. The molecule has 1 aromatic heterocycles. The van der Waals surface area contributed by atoms with Crippen molar-refractivity contribution >= 4 is 11.5 Å². The van der Waals surface area contributed by atoms with E-state index >= 15 is 0 Å². The third-order valence-corrected chi connectivity index (χ3v) is 2.90. The Morgan fingerprint density at radius 3 is 3.00 bits per heavy atom. The monoisotopic (exact) mass is 236 g/mol. The molecule has 0 radical (unpaired) electrons. The van der Waals surface area contributed by atoms with Crippen molar-refractivity contribution in [1.82, 2.24) is 10.3 Å². The van der Waals surface area contributed by atoms with Crippen LogP contribution in [0, 0.1) is 10.1 Å². The molecule has 92 valence electrons. The van der Waals surface area contributed by atoms with Gasteiger partial charge in [0, 0.05) is 18.7 Å². The van der Waals surface area contributed by atoms with Gasteiger partial charge in [-0.15, -0.1) is 0 Å². The van der Waals surface area contributed by atoms with Gasteiger partial charge in [-0.2, -0.15) is 0 Å². The summed E-state index contributed by atoms with van der Waals surface area (Å²) >= 11 is 0. The quantitative estimate of drug-likeness (QED) is 0.612. The van der Waals surface area contributed by atoms with Gasteiger partial charge in [0.1, 0.15) is 12.0 Å². The molecule has 2 rings (SSSR count). The summed E-state index contributed by atoms with van der Waals surface area (Å²) < 4.78 is 0. The fourth-order valence-corrected chi connectivity index (χ4v) is 1.92. The summed E-state index contributed by atoms with van der Waals surface area (Å²) in [4.78, 5) is 14.0. The first-order valence-electron chi connectivity index (χ1n) is 5.83. The van der Waals surface area contributed by atoms with Gasteiger partial charge in [0.25, 0.3) is 5.69 Å². The summed E-state index contributed by atoms with van der Waals surface area (Å²) in [6.45, 7) is 1.88. The second-order valence-electron chi connectivity index (χ2n) is 4.19. The number of hydrogen-bond acceptors (Lipinski definition) is 5. The average Bonchev–Trinajstić information content (AvgIpc) is 2.38. The molecule has 6 heteroatoms. The zero-order chi connectivity index (χ0) is 12.1. The number of piperidine rings is 1. The molecule has 1 fully saturated rings. The van der Waals surface area contributed by atoms with E-state index in [0.717, 1.165) is 13.1 Å². The third kappa shape index (κ3) is 3.39. The van der Waals surface area contributed by atoms with Gasteiger partial charge in [-0.05, 0) is 25.5 Å². The first-order chi connectivity index (χ1) is 8.25. The lowest BCUT2D eigenvalue weighted by atomic mass is 10.1. The minimum absolute atomic E-state index is 0.0198. The molecule has 1 atom stereocenters. The number of hydrogen-bond donors (Lipinski definition) is 2. The van der Waals surface area contributed by atoms with Crippen LogP contribution in [0.3, 0.4) is 0 Å². The normalized spacial score (nSPS) is 19.9. The van der Waals surface area contributed by atoms with E-state index in [1.165, 1.54) is 31.5 Å². The minimum atomic E-state index is -0.445. The summed E-state index contributed by atoms with van der Waals surface area (Å²) in [5.74, 6) is 0.683. The maximum atomic E-state index is 10.5. The second-order valence-corrected chi connectivity index (χ2v) is 4.19. The minimum Gasteiger partial charge on any atom is -0.369 e. The van der Waals surface area contributed by atoms with Gasteiger partial charge in [-0.25, -0.2) is 4.98 Å². The van der Waals surface area contributed by atoms with Crippen molar-refractivity contribution in [3.63, 3.8) is 0 Å². The molecule has 0 unspecified atom stereocenters. The standard InChI is InChI=1S/C11H16N4O2/c16-15(17)10-4-5-11(14-8-10)13-7-9-3-1-2-6-12-9/h4-5,8-9,12H,1-3,6-7H2,(H,13,14)/t9-/m0/s1. The third-order valence-electron chi connectivity index (χ3n) is 2.90. The van der Waals surface area contributed by atoms with Gasteiger partial charge in [0.05, 0.1) is 4.92 Å². The Morgan fingerprint density at radius 2 is 2.41 bits per heavy atom. The molecule has 2 N–H and O–H groups in total. The maximum Gasteiger partial charge on any atom is 0.287 e. The number of anilines is 1. The van der Waals surface area contributed by atoms with E-state index in [4.69, 9.17) is 0 Å². The van der Waals surface area contributed by atoms with Gasteiger partial charge in [0.2, 0.25) is 0 Å². The molecule has 1 aliphatic heterocycles. The molecular weight excluding hydrogens is 220 g/mol. The van der Waals surface area contributed by atoms with Crippen LogP contribution in [-0.4, -0.2) is 29.0 Å². The maximum absolute atomic E-state index is 10.5. The van der Waals surface area contributed by atoms with Crippen molar-refractivity contribution in [3.05, 3.63) is 28.4 Å². The molecule has 1 aromatic rings. The van der Waals surface area contributed by atoms with Crippen molar-refractivity contribution in [3.8, 4) is 0 Å². The summed E-state index contributed by atoms with van der Waals surface area (Å²) in [7, 11) is 0. The van der Waals surface area contributed by atoms with Crippen LogP contribution in [0.15, 0.2) is 18.3 Å². The van der Waals surface area contributed by atoms with Gasteiger partial charge in [0.15, 0.2) is 0 Å². The molecule has 0 saturated carbocycles. The van der Waals surface area contributed by atoms with Crippen molar-refractivity contribution in [1.29, 1.82) is 0 Å². The van der Waals surface area contributed by atoms with Gasteiger partial charge >= 0.3 is 0 Å². The number of rotatable bonds is 4. The van der Waals surface area contributed by atoms with Crippen molar-refractivity contribution in [2.75, 3.05) is 18.4 Å². The largest absolute Gasteiger partial charge is 0.369 e. The molecule has 2 heterocycles. The smallest absolute Gasteiger partial charge is 0.287 e.